The maximum absolute atomic E-state index is 3.63. The molecule has 78 valence electrons. The van der Waals surface area contributed by atoms with Crippen LogP contribution in [0.5, 0.6) is 0 Å². The molecule has 1 nitrogen and oxygen atoms in total. The maximum atomic E-state index is 3.63. The molecule has 1 heterocycles. The third-order valence-corrected chi connectivity index (χ3v) is 8.15. The van der Waals surface area contributed by atoms with Crippen LogP contribution in [0.4, 0.5) is 5.69 Å². The van der Waals surface area contributed by atoms with Crippen molar-refractivity contribution in [3.8, 4) is 0 Å². The normalized spacial score (nSPS) is 25.2. The number of rotatable bonds is 2. The second-order valence-electron chi connectivity index (χ2n) is 3.80. The first kappa shape index (κ1) is 9.91. The molecule has 1 N–H and O–H groups in total. The van der Waals surface area contributed by atoms with E-state index in [9.17, 15) is 0 Å². The Kier molecular flexibility index (Phi) is 2.48. The number of anilines is 1. The molecule has 14 heavy (non-hydrogen) atoms. The summed E-state index contributed by atoms with van der Waals surface area (Å²) < 4.78 is 0. The Balaban J connectivity index is 2.53. The van der Waals surface area contributed by atoms with E-state index in [0.29, 0.717) is 5.37 Å². The van der Waals surface area contributed by atoms with Gasteiger partial charge in [0.1, 0.15) is 0 Å². The summed E-state index contributed by atoms with van der Waals surface area (Å²) in [5.74, 6) is 2.60. The SMILES string of the molecule is CCS1(CC)c2ccccc2NC1C. The molecular weight excluding hydrogens is 190 g/mol. The van der Waals surface area contributed by atoms with Crippen molar-refractivity contribution < 1.29 is 0 Å². The average molecular weight is 209 g/mol. The van der Waals surface area contributed by atoms with Crippen LogP contribution >= 0.6 is 10.0 Å². The molecule has 0 radical (unpaired) electrons. The second-order valence-corrected chi connectivity index (χ2v) is 7.99. The maximum Gasteiger partial charge on any atom is 0.0580 e. The van der Waals surface area contributed by atoms with Gasteiger partial charge in [-0.05, 0) is 30.6 Å². The number of nitrogens with one attached hydrogen (secondary N) is 1. The zero-order valence-corrected chi connectivity index (χ0v) is 10.0. The quantitative estimate of drug-likeness (QED) is 0.784. The van der Waals surface area contributed by atoms with Crippen LogP contribution in [0.2, 0.25) is 0 Å². The lowest BCUT2D eigenvalue weighted by Gasteiger charge is -2.38. The highest BCUT2D eigenvalue weighted by molar-refractivity contribution is 8.34. The van der Waals surface area contributed by atoms with Gasteiger partial charge in [0.15, 0.2) is 0 Å². The molecule has 2 rings (SSSR count). The number of hydrogen-bond donors (Lipinski definition) is 1. The fraction of sp³-hybridized carbons (Fsp3) is 0.500. The van der Waals surface area contributed by atoms with Crippen molar-refractivity contribution >= 4 is 15.7 Å². The van der Waals surface area contributed by atoms with Crippen molar-refractivity contribution in [3.05, 3.63) is 24.3 Å². The van der Waals surface area contributed by atoms with Crippen LogP contribution in [0.3, 0.4) is 0 Å². The Morgan fingerprint density at radius 2 is 1.86 bits per heavy atom. The van der Waals surface area contributed by atoms with Crippen LogP contribution in [-0.2, 0) is 0 Å². The fourth-order valence-corrected chi connectivity index (χ4v) is 6.16. The van der Waals surface area contributed by atoms with Gasteiger partial charge >= 0.3 is 0 Å². The van der Waals surface area contributed by atoms with Crippen LogP contribution in [0.25, 0.3) is 0 Å². The Morgan fingerprint density at radius 3 is 2.50 bits per heavy atom. The zero-order valence-electron chi connectivity index (χ0n) is 9.21. The molecule has 0 saturated heterocycles. The minimum absolute atomic E-state index is 0.586. The molecule has 0 saturated carbocycles. The standard InChI is InChI=1S/C12H19NS/c1-4-14(5-2)10(3)13-11-8-6-7-9-12(11)14/h6-10,13H,4-5H2,1-3H3. The van der Waals surface area contributed by atoms with Crippen molar-refractivity contribution in [1.82, 2.24) is 0 Å². The Morgan fingerprint density at radius 1 is 1.21 bits per heavy atom. The van der Waals surface area contributed by atoms with Gasteiger partial charge in [-0.25, -0.2) is 0 Å². The Labute approximate surface area is 88.2 Å². The lowest BCUT2D eigenvalue weighted by Crippen LogP contribution is -2.19. The summed E-state index contributed by atoms with van der Waals surface area (Å²) in [6, 6.07) is 8.82. The van der Waals surface area contributed by atoms with E-state index >= 15 is 0 Å². The number of hydrogen-bond acceptors (Lipinski definition) is 1. The van der Waals surface area contributed by atoms with Crippen LogP contribution in [0, 0.1) is 0 Å². The van der Waals surface area contributed by atoms with Gasteiger partial charge in [0, 0.05) is 10.6 Å². The third kappa shape index (κ3) is 1.17. The molecule has 1 aliphatic rings. The third-order valence-electron chi connectivity index (χ3n) is 3.39. The summed E-state index contributed by atoms with van der Waals surface area (Å²) in [7, 11) is -0.586. The largest absolute Gasteiger partial charge is 0.374 e. The molecule has 0 bridgehead atoms. The monoisotopic (exact) mass is 209 g/mol. The Bertz CT molecular complexity index is 331. The lowest BCUT2D eigenvalue weighted by molar-refractivity contribution is 1.11. The first-order valence-corrected chi connectivity index (χ1v) is 7.41. The minimum atomic E-state index is -0.586. The van der Waals surface area contributed by atoms with Crippen molar-refractivity contribution in [3.63, 3.8) is 0 Å². The number of fused-ring (bicyclic) bond motifs is 1. The van der Waals surface area contributed by atoms with Crippen molar-refractivity contribution in [2.75, 3.05) is 16.8 Å². The van der Waals surface area contributed by atoms with E-state index in [4.69, 9.17) is 0 Å². The van der Waals surface area contributed by atoms with Crippen molar-refractivity contribution in [2.45, 2.75) is 31.0 Å². The highest BCUT2D eigenvalue weighted by atomic mass is 32.3. The molecule has 2 heteroatoms. The lowest BCUT2D eigenvalue weighted by atomic mass is 10.3. The highest BCUT2D eigenvalue weighted by Gasteiger charge is 2.36. The van der Waals surface area contributed by atoms with Gasteiger partial charge in [-0.1, -0.05) is 26.0 Å². The summed E-state index contributed by atoms with van der Waals surface area (Å²) in [5, 5.41) is 4.28. The van der Waals surface area contributed by atoms with E-state index in [2.05, 4.69) is 50.4 Å². The zero-order chi connectivity index (χ0) is 10.2. The molecule has 1 atom stereocenters. The smallest absolute Gasteiger partial charge is 0.0580 e. The Hall–Kier alpha value is -0.630. The average Bonchev–Trinajstić information content (AvgIpc) is 2.50. The van der Waals surface area contributed by atoms with Gasteiger partial charge in [-0.3, -0.25) is 0 Å². The van der Waals surface area contributed by atoms with Gasteiger partial charge < -0.3 is 5.32 Å². The molecule has 0 aliphatic carbocycles. The van der Waals surface area contributed by atoms with Gasteiger partial charge in [0.25, 0.3) is 0 Å². The fourth-order valence-electron chi connectivity index (χ4n) is 2.48. The van der Waals surface area contributed by atoms with E-state index in [1.54, 1.807) is 4.90 Å². The van der Waals surface area contributed by atoms with Crippen LogP contribution < -0.4 is 5.32 Å². The molecule has 0 aromatic heterocycles. The molecule has 1 unspecified atom stereocenters. The van der Waals surface area contributed by atoms with E-state index in [1.807, 2.05) is 0 Å². The molecule has 0 fully saturated rings. The molecule has 1 aliphatic heterocycles. The predicted octanol–water partition coefficient (Wildman–Crippen LogP) is 3.66. The summed E-state index contributed by atoms with van der Waals surface area (Å²) in [6.07, 6.45) is 0. The van der Waals surface area contributed by atoms with E-state index in [0.717, 1.165) is 0 Å². The van der Waals surface area contributed by atoms with Gasteiger partial charge in [0.2, 0.25) is 0 Å². The van der Waals surface area contributed by atoms with Crippen LogP contribution in [0.1, 0.15) is 20.8 Å². The molecule has 0 amide bonds. The van der Waals surface area contributed by atoms with Crippen molar-refractivity contribution in [1.29, 1.82) is 0 Å². The summed E-state index contributed by atoms with van der Waals surface area (Å²) in [6.45, 7) is 7.00. The second kappa shape index (κ2) is 3.50. The predicted molar refractivity (Wildman–Crippen MR) is 66.5 cm³/mol. The minimum Gasteiger partial charge on any atom is -0.374 e. The summed E-state index contributed by atoms with van der Waals surface area (Å²) in [4.78, 5) is 1.59. The van der Waals surface area contributed by atoms with E-state index in [-0.39, 0.29) is 0 Å². The van der Waals surface area contributed by atoms with Gasteiger partial charge in [-0.2, -0.15) is 10.0 Å². The number of para-hydroxylation sites is 1. The molecule has 1 aromatic carbocycles. The first-order valence-electron chi connectivity index (χ1n) is 5.37. The molecular formula is C12H19NS. The van der Waals surface area contributed by atoms with Gasteiger partial charge in [0.05, 0.1) is 5.37 Å². The molecule has 0 spiro atoms. The highest BCUT2D eigenvalue weighted by Crippen LogP contribution is 2.65. The van der Waals surface area contributed by atoms with Gasteiger partial charge in [-0.15, -0.1) is 0 Å². The van der Waals surface area contributed by atoms with Crippen LogP contribution in [0.15, 0.2) is 29.2 Å². The van der Waals surface area contributed by atoms with E-state index < -0.39 is 10.0 Å². The topological polar surface area (TPSA) is 12.0 Å². The van der Waals surface area contributed by atoms with Crippen molar-refractivity contribution in [2.24, 2.45) is 0 Å². The summed E-state index contributed by atoms with van der Waals surface area (Å²) >= 11 is 0. The van der Waals surface area contributed by atoms with Crippen LogP contribution in [-0.4, -0.2) is 16.9 Å². The summed E-state index contributed by atoms with van der Waals surface area (Å²) in [5.41, 5.74) is 1.37. The number of benzene rings is 1. The molecule has 1 aromatic rings. The first-order chi connectivity index (χ1) is 6.74. The van der Waals surface area contributed by atoms with E-state index in [1.165, 1.54) is 17.2 Å².